The van der Waals surface area contributed by atoms with E-state index in [1.165, 1.54) is 0 Å². The van der Waals surface area contributed by atoms with Crippen LogP contribution < -0.4 is 5.73 Å². The first-order chi connectivity index (χ1) is 9.16. The van der Waals surface area contributed by atoms with Gasteiger partial charge in [0.05, 0.1) is 0 Å². The molecule has 0 saturated carbocycles. The first-order valence-corrected chi connectivity index (χ1v) is 6.08. The highest BCUT2D eigenvalue weighted by molar-refractivity contribution is 6.30. The highest BCUT2D eigenvalue weighted by Crippen LogP contribution is 2.20. The van der Waals surface area contributed by atoms with Crippen LogP contribution in [0.1, 0.15) is 0 Å². The second-order valence-corrected chi connectivity index (χ2v) is 4.34. The van der Waals surface area contributed by atoms with Gasteiger partial charge in [-0.05, 0) is 36.4 Å². The number of phenolic OH excluding ortho intramolecular Hbond substituents is 1. The fourth-order valence-corrected chi connectivity index (χ4v) is 1.68. The van der Waals surface area contributed by atoms with Gasteiger partial charge in [0.15, 0.2) is 0 Å². The lowest BCUT2D eigenvalue weighted by Gasteiger charge is -1.96. The van der Waals surface area contributed by atoms with E-state index in [9.17, 15) is 5.11 Å². The molecule has 0 bridgehead atoms. The van der Waals surface area contributed by atoms with Crippen LogP contribution in [0.2, 0.25) is 5.02 Å². The average Bonchev–Trinajstić information content (AvgIpc) is 2.44. The molecule has 0 atom stereocenters. The first kappa shape index (κ1) is 13.2. The summed E-state index contributed by atoms with van der Waals surface area (Å²) in [6.45, 7) is 0. The fraction of sp³-hybridized carbons (Fsp3) is 0. The van der Waals surface area contributed by atoms with Gasteiger partial charge < -0.3 is 10.8 Å². The summed E-state index contributed by atoms with van der Waals surface area (Å²) in [5.74, 6) is 0.239. The van der Waals surface area contributed by atoms with Crippen LogP contribution in [0, 0.1) is 0 Å². The number of aromatic hydroxyl groups is 1. The summed E-state index contributed by atoms with van der Waals surface area (Å²) in [5.41, 5.74) is 6.77. The van der Waals surface area contributed by atoms with E-state index in [1.807, 2.05) is 18.2 Å². The SMILES string of the molecule is Nc1ccc(Cl)cc1.Oc1cccc2cccnc12. The van der Waals surface area contributed by atoms with Crippen LogP contribution in [0.5, 0.6) is 5.75 Å². The predicted octanol–water partition coefficient (Wildman–Crippen LogP) is 3.86. The van der Waals surface area contributed by atoms with Gasteiger partial charge in [0.1, 0.15) is 11.3 Å². The molecule has 3 N–H and O–H groups in total. The van der Waals surface area contributed by atoms with Crippen molar-refractivity contribution in [3.63, 3.8) is 0 Å². The lowest BCUT2D eigenvalue weighted by Crippen LogP contribution is -1.80. The van der Waals surface area contributed by atoms with Gasteiger partial charge in [0.2, 0.25) is 0 Å². The van der Waals surface area contributed by atoms with Crippen LogP contribution in [0.3, 0.4) is 0 Å². The number of hydrogen-bond donors (Lipinski definition) is 2. The average molecular weight is 273 g/mol. The van der Waals surface area contributed by atoms with E-state index >= 15 is 0 Å². The molecule has 0 saturated heterocycles. The number of pyridine rings is 1. The summed E-state index contributed by atoms with van der Waals surface area (Å²) in [4.78, 5) is 4.03. The first-order valence-electron chi connectivity index (χ1n) is 5.70. The van der Waals surface area contributed by atoms with Crippen LogP contribution in [-0.2, 0) is 0 Å². The van der Waals surface area contributed by atoms with Crippen molar-refractivity contribution >= 4 is 28.2 Å². The zero-order valence-electron chi connectivity index (χ0n) is 10.1. The number of anilines is 1. The van der Waals surface area contributed by atoms with Crippen LogP contribution >= 0.6 is 11.6 Å². The normalized spacial score (nSPS) is 9.74. The van der Waals surface area contributed by atoms with Crippen LogP contribution in [0.15, 0.2) is 60.8 Å². The Bertz CT molecular complexity index is 642. The molecule has 3 nitrogen and oxygen atoms in total. The van der Waals surface area contributed by atoms with Gasteiger partial charge in [-0.3, -0.25) is 4.98 Å². The molecule has 0 aliphatic carbocycles. The van der Waals surface area contributed by atoms with Crippen molar-refractivity contribution in [3.8, 4) is 5.75 Å². The van der Waals surface area contributed by atoms with Crippen molar-refractivity contribution in [1.82, 2.24) is 4.98 Å². The zero-order valence-corrected chi connectivity index (χ0v) is 10.9. The summed E-state index contributed by atoms with van der Waals surface area (Å²) < 4.78 is 0. The van der Waals surface area contributed by atoms with Gasteiger partial charge in [-0.25, -0.2) is 0 Å². The van der Waals surface area contributed by atoms with E-state index in [0.717, 1.165) is 16.1 Å². The molecule has 0 aliphatic heterocycles. The summed E-state index contributed by atoms with van der Waals surface area (Å²) in [7, 11) is 0. The molecular formula is C15H13ClN2O. The Hall–Kier alpha value is -2.26. The minimum Gasteiger partial charge on any atom is -0.506 e. The molecule has 19 heavy (non-hydrogen) atoms. The Morgan fingerprint density at radius 2 is 1.63 bits per heavy atom. The maximum Gasteiger partial charge on any atom is 0.141 e. The summed E-state index contributed by atoms with van der Waals surface area (Å²) in [6, 6.07) is 16.2. The van der Waals surface area contributed by atoms with E-state index in [0.29, 0.717) is 5.52 Å². The van der Waals surface area contributed by atoms with Crippen LogP contribution in [0.4, 0.5) is 5.69 Å². The molecule has 0 fully saturated rings. The maximum atomic E-state index is 9.31. The van der Waals surface area contributed by atoms with Gasteiger partial charge in [0, 0.05) is 22.3 Å². The van der Waals surface area contributed by atoms with Gasteiger partial charge in [0.25, 0.3) is 0 Å². The molecule has 3 rings (SSSR count). The minimum absolute atomic E-state index is 0.239. The molecule has 0 radical (unpaired) electrons. The lowest BCUT2D eigenvalue weighted by atomic mass is 10.2. The Morgan fingerprint density at radius 3 is 2.26 bits per heavy atom. The monoisotopic (exact) mass is 272 g/mol. The summed E-state index contributed by atoms with van der Waals surface area (Å²) in [5, 5.41) is 11.0. The number of aromatic nitrogens is 1. The number of para-hydroxylation sites is 1. The van der Waals surface area contributed by atoms with Crippen LogP contribution in [0.25, 0.3) is 10.9 Å². The molecule has 96 valence electrons. The fourth-order valence-electron chi connectivity index (χ4n) is 1.55. The lowest BCUT2D eigenvalue weighted by molar-refractivity contribution is 0.480. The van der Waals surface area contributed by atoms with Gasteiger partial charge in [-0.2, -0.15) is 0 Å². The highest BCUT2D eigenvalue weighted by Gasteiger charge is 1.96. The predicted molar refractivity (Wildman–Crippen MR) is 79.3 cm³/mol. The number of nitrogen functional groups attached to an aromatic ring is 1. The molecule has 0 amide bonds. The standard InChI is InChI=1S/C9H7NO.C6H6ClN/c11-8-5-1-3-7-4-2-6-10-9(7)8;7-5-1-3-6(8)4-2-5/h1-6,11H;1-4H,8H2. The Morgan fingerprint density at radius 1 is 0.947 bits per heavy atom. The Kier molecular flexibility index (Phi) is 4.21. The molecule has 0 unspecified atom stereocenters. The molecule has 1 heterocycles. The van der Waals surface area contributed by atoms with Crippen molar-refractivity contribution in [2.45, 2.75) is 0 Å². The van der Waals surface area contributed by atoms with Crippen molar-refractivity contribution in [1.29, 1.82) is 0 Å². The van der Waals surface area contributed by atoms with Crippen molar-refractivity contribution in [2.24, 2.45) is 0 Å². The van der Waals surface area contributed by atoms with E-state index < -0.39 is 0 Å². The molecule has 2 aromatic carbocycles. The Balaban J connectivity index is 0.000000148. The third-order valence-electron chi connectivity index (χ3n) is 2.48. The molecule has 3 aromatic rings. The van der Waals surface area contributed by atoms with E-state index in [1.54, 1.807) is 42.6 Å². The minimum atomic E-state index is 0.239. The Labute approximate surface area is 116 Å². The summed E-state index contributed by atoms with van der Waals surface area (Å²) in [6.07, 6.45) is 1.67. The topological polar surface area (TPSA) is 59.1 Å². The van der Waals surface area contributed by atoms with Crippen molar-refractivity contribution in [3.05, 3.63) is 65.8 Å². The quantitative estimate of drug-likeness (QED) is 0.611. The van der Waals surface area contributed by atoms with Crippen molar-refractivity contribution in [2.75, 3.05) is 5.73 Å². The number of fused-ring (bicyclic) bond motifs is 1. The highest BCUT2D eigenvalue weighted by atomic mass is 35.5. The number of hydrogen-bond acceptors (Lipinski definition) is 3. The molecule has 0 spiro atoms. The van der Waals surface area contributed by atoms with E-state index in [2.05, 4.69) is 4.98 Å². The number of halogens is 1. The molecule has 0 aliphatic rings. The van der Waals surface area contributed by atoms with E-state index in [4.69, 9.17) is 17.3 Å². The largest absolute Gasteiger partial charge is 0.506 e. The van der Waals surface area contributed by atoms with Crippen LogP contribution in [-0.4, -0.2) is 10.1 Å². The molecular weight excluding hydrogens is 260 g/mol. The van der Waals surface area contributed by atoms with Gasteiger partial charge in [-0.15, -0.1) is 0 Å². The number of nitrogens with zero attached hydrogens (tertiary/aromatic N) is 1. The van der Waals surface area contributed by atoms with E-state index in [-0.39, 0.29) is 5.75 Å². The molecule has 1 aromatic heterocycles. The number of phenols is 1. The maximum absolute atomic E-state index is 9.31. The number of rotatable bonds is 0. The number of benzene rings is 2. The van der Waals surface area contributed by atoms with Gasteiger partial charge in [-0.1, -0.05) is 29.8 Å². The third-order valence-corrected chi connectivity index (χ3v) is 2.73. The second-order valence-electron chi connectivity index (χ2n) is 3.90. The molecule has 4 heteroatoms. The van der Waals surface area contributed by atoms with Gasteiger partial charge >= 0.3 is 0 Å². The summed E-state index contributed by atoms with van der Waals surface area (Å²) >= 11 is 5.56. The second kappa shape index (κ2) is 6.07. The third kappa shape index (κ3) is 3.60. The van der Waals surface area contributed by atoms with Crippen molar-refractivity contribution < 1.29 is 5.11 Å². The zero-order chi connectivity index (χ0) is 13.7. The smallest absolute Gasteiger partial charge is 0.141 e. The number of nitrogens with two attached hydrogens (primary N) is 1.